The van der Waals surface area contributed by atoms with Crippen molar-refractivity contribution in [2.75, 3.05) is 25.0 Å². The summed E-state index contributed by atoms with van der Waals surface area (Å²) >= 11 is 0. The molecule has 6 heteroatoms. The average Bonchev–Trinajstić information content (AvgIpc) is 3.22. The molecule has 3 atom stereocenters. The summed E-state index contributed by atoms with van der Waals surface area (Å²) < 4.78 is 11.7. The highest BCUT2D eigenvalue weighted by molar-refractivity contribution is 5.90. The number of nitrogens with zero attached hydrogens (tertiary/aromatic N) is 2. The van der Waals surface area contributed by atoms with Crippen molar-refractivity contribution in [3.05, 3.63) is 48.2 Å². The summed E-state index contributed by atoms with van der Waals surface area (Å²) in [5.41, 5.74) is 0.732. The number of hydrogen-bond acceptors (Lipinski definition) is 5. The van der Waals surface area contributed by atoms with E-state index in [9.17, 15) is 4.79 Å². The second-order valence-corrected chi connectivity index (χ2v) is 7.33. The number of ether oxygens (including phenoxy) is 1. The predicted octanol–water partition coefficient (Wildman–Crippen LogP) is 2.85. The zero-order valence-corrected chi connectivity index (χ0v) is 15.1. The molecule has 2 aliphatic heterocycles. The van der Waals surface area contributed by atoms with Gasteiger partial charge >= 0.3 is 0 Å². The van der Waals surface area contributed by atoms with Gasteiger partial charge in [0.05, 0.1) is 37.6 Å². The van der Waals surface area contributed by atoms with Gasteiger partial charge in [0.2, 0.25) is 5.91 Å². The quantitative estimate of drug-likeness (QED) is 0.893. The van der Waals surface area contributed by atoms with Crippen LogP contribution in [0.3, 0.4) is 0 Å². The smallest absolute Gasteiger partial charge is 0.227 e. The van der Waals surface area contributed by atoms with Gasteiger partial charge in [-0.2, -0.15) is 0 Å². The molecule has 2 aromatic rings. The number of anilines is 1. The van der Waals surface area contributed by atoms with Crippen LogP contribution in [0.4, 0.5) is 5.69 Å². The van der Waals surface area contributed by atoms with Gasteiger partial charge in [-0.15, -0.1) is 0 Å². The fourth-order valence-corrected chi connectivity index (χ4v) is 4.14. The molecule has 6 nitrogen and oxygen atoms in total. The normalized spacial score (nSPS) is 25.8. The highest BCUT2D eigenvalue weighted by Crippen LogP contribution is 2.36. The molecule has 2 fully saturated rings. The number of likely N-dealkylation sites (tertiary alicyclic amines) is 1. The molecule has 2 aromatic heterocycles. The van der Waals surface area contributed by atoms with Crippen LogP contribution >= 0.6 is 0 Å². The summed E-state index contributed by atoms with van der Waals surface area (Å²) in [6.45, 7) is 5.59. The standard InChI is InChI=1S/C20H25N3O3/c1-14-4-5-17(26-14)12-23-8-6-18-15(11-23)13-25-19(18)9-20(24)22-16-3-2-7-21-10-16/h2-5,7,10,15,18-19H,6,8-9,11-13H2,1H3,(H,22,24)/t15-,18-,19+/m1/s1. The van der Waals surface area contributed by atoms with Crippen LogP contribution in [0.5, 0.6) is 0 Å². The Kier molecular flexibility index (Phi) is 5.04. The minimum Gasteiger partial charge on any atom is -0.465 e. The molecule has 2 aliphatic rings. The Bertz CT molecular complexity index is 746. The van der Waals surface area contributed by atoms with Crippen LogP contribution in [0.25, 0.3) is 0 Å². The summed E-state index contributed by atoms with van der Waals surface area (Å²) in [4.78, 5) is 18.8. The molecule has 4 rings (SSSR count). The van der Waals surface area contributed by atoms with Crippen molar-refractivity contribution in [3.63, 3.8) is 0 Å². The molecule has 26 heavy (non-hydrogen) atoms. The minimum atomic E-state index is -0.00265. The van der Waals surface area contributed by atoms with E-state index in [2.05, 4.69) is 21.3 Å². The van der Waals surface area contributed by atoms with Crippen LogP contribution in [-0.4, -0.2) is 41.6 Å². The Labute approximate surface area is 153 Å². The maximum atomic E-state index is 12.3. The molecule has 0 aromatic carbocycles. The highest BCUT2D eigenvalue weighted by Gasteiger charge is 2.41. The summed E-state index contributed by atoms with van der Waals surface area (Å²) in [6.07, 6.45) is 4.84. The van der Waals surface area contributed by atoms with E-state index in [0.717, 1.165) is 49.9 Å². The number of aromatic nitrogens is 1. The van der Waals surface area contributed by atoms with Gasteiger partial charge in [0.1, 0.15) is 11.5 Å². The average molecular weight is 355 g/mol. The number of amides is 1. The van der Waals surface area contributed by atoms with Gasteiger partial charge in [0, 0.05) is 18.7 Å². The third-order valence-electron chi connectivity index (χ3n) is 5.39. The molecular weight excluding hydrogens is 330 g/mol. The predicted molar refractivity (Wildman–Crippen MR) is 97.5 cm³/mol. The Morgan fingerprint density at radius 3 is 3.08 bits per heavy atom. The summed E-state index contributed by atoms with van der Waals surface area (Å²) in [6, 6.07) is 7.72. The van der Waals surface area contributed by atoms with Crippen LogP contribution in [0.2, 0.25) is 0 Å². The Morgan fingerprint density at radius 1 is 1.38 bits per heavy atom. The van der Waals surface area contributed by atoms with Gasteiger partial charge in [-0.25, -0.2) is 0 Å². The fraction of sp³-hybridized carbons (Fsp3) is 0.500. The Balaban J connectivity index is 1.29. The summed E-state index contributed by atoms with van der Waals surface area (Å²) in [7, 11) is 0. The van der Waals surface area contributed by atoms with Crippen LogP contribution in [0.15, 0.2) is 41.1 Å². The number of carbonyl (C=O) groups is 1. The second-order valence-electron chi connectivity index (χ2n) is 7.33. The van der Waals surface area contributed by atoms with Gasteiger partial charge < -0.3 is 14.5 Å². The van der Waals surface area contributed by atoms with Gasteiger partial charge in [0.15, 0.2) is 0 Å². The highest BCUT2D eigenvalue weighted by atomic mass is 16.5. The van der Waals surface area contributed by atoms with Crippen molar-refractivity contribution in [2.24, 2.45) is 11.8 Å². The van der Waals surface area contributed by atoms with Crippen molar-refractivity contribution in [1.29, 1.82) is 0 Å². The van der Waals surface area contributed by atoms with E-state index in [0.29, 0.717) is 18.3 Å². The Morgan fingerprint density at radius 2 is 2.31 bits per heavy atom. The van der Waals surface area contributed by atoms with Crippen LogP contribution in [0.1, 0.15) is 24.4 Å². The van der Waals surface area contributed by atoms with Crippen LogP contribution < -0.4 is 5.32 Å². The number of aryl methyl sites for hydroxylation is 1. The lowest BCUT2D eigenvalue weighted by atomic mass is 9.83. The number of rotatable bonds is 5. The van der Waals surface area contributed by atoms with Crippen molar-refractivity contribution >= 4 is 11.6 Å². The lowest BCUT2D eigenvalue weighted by Gasteiger charge is -2.35. The number of piperidine rings is 1. The van der Waals surface area contributed by atoms with Crippen molar-refractivity contribution in [3.8, 4) is 0 Å². The van der Waals surface area contributed by atoms with E-state index >= 15 is 0 Å². The molecule has 0 unspecified atom stereocenters. The first-order chi connectivity index (χ1) is 12.7. The first kappa shape index (κ1) is 17.2. The minimum absolute atomic E-state index is 0.00265. The molecule has 0 saturated carbocycles. The monoisotopic (exact) mass is 355 g/mol. The van der Waals surface area contributed by atoms with E-state index in [1.165, 1.54) is 0 Å². The van der Waals surface area contributed by atoms with Gasteiger partial charge in [-0.05, 0) is 50.1 Å². The fourth-order valence-electron chi connectivity index (χ4n) is 4.14. The SMILES string of the molecule is Cc1ccc(CN2CC[C@@H]3[C@@H](CO[C@H]3CC(=O)Nc3cccnc3)C2)o1. The molecule has 0 spiro atoms. The topological polar surface area (TPSA) is 67.6 Å². The number of furan rings is 1. The second kappa shape index (κ2) is 7.60. The lowest BCUT2D eigenvalue weighted by molar-refractivity contribution is -0.118. The third-order valence-corrected chi connectivity index (χ3v) is 5.39. The lowest BCUT2D eigenvalue weighted by Crippen LogP contribution is -2.41. The molecule has 2 saturated heterocycles. The molecule has 0 bridgehead atoms. The molecule has 1 amide bonds. The number of hydrogen-bond donors (Lipinski definition) is 1. The van der Waals surface area contributed by atoms with Gasteiger partial charge in [-0.1, -0.05) is 0 Å². The number of pyridine rings is 1. The maximum absolute atomic E-state index is 12.3. The number of nitrogens with one attached hydrogen (secondary N) is 1. The van der Waals surface area contributed by atoms with Gasteiger partial charge in [0.25, 0.3) is 0 Å². The van der Waals surface area contributed by atoms with Crippen molar-refractivity contribution in [2.45, 2.75) is 32.4 Å². The van der Waals surface area contributed by atoms with Crippen molar-refractivity contribution < 1.29 is 13.9 Å². The number of fused-ring (bicyclic) bond motifs is 1. The number of carbonyl (C=O) groups excluding carboxylic acids is 1. The molecule has 138 valence electrons. The van der Waals surface area contributed by atoms with Crippen LogP contribution in [0, 0.1) is 18.8 Å². The Hall–Kier alpha value is -2.18. The molecule has 0 aliphatic carbocycles. The summed E-state index contributed by atoms with van der Waals surface area (Å²) in [5.74, 6) is 2.93. The first-order valence-corrected chi connectivity index (χ1v) is 9.26. The molecule has 1 N–H and O–H groups in total. The zero-order chi connectivity index (χ0) is 17.9. The first-order valence-electron chi connectivity index (χ1n) is 9.26. The van der Waals surface area contributed by atoms with E-state index in [-0.39, 0.29) is 12.0 Å². The zero-order valence-electron chi connectivity index (χ0n) is 15.1. The molecule has 4 heterocycles. The third kappa shape index (κ3) is 3.97. The van der Waals surface area contributed by atoms with E-state index in [1.54, 1.807) is 12.4 Å². The van der Waals surface area contributed by atoms with E-state index in [4.69, 9.17) is 9.15 Å². The van der Waals surface area contributed by atoms with Crippen molar-refractivity contribution in [1.82, 2.24) is 9.88 Å². The van der Waals surface area contributed by atoms with E-state index < -0.39 is 0 Å². The molecular formula is C20H25N3O3. The molecule has 0 radical (unpaired) electrons. The van der Waals surface area contributed by atoms with E-state index in [1.807, 2.05) is 25.1 Å². The largest absolute Gasteiger partial charge is 0.465 e. The summed E-state index contributed by atoms with van der Waals surface area (Å²) in [5, 5.41) is 2.90. The van der Waals surface area contributed by atoms with Crippen LogP contribution in [-0.2, 0) is 16.1 Å². The maximum Gasteiger partial charge on any atom is 0.227 e. The van der Waals surface area contributed by atoms with Gasteiger partial charge in [-0.3, -0.25) is 14.7 Å².